The van der Waals surface area contributed by atoms with Crippen LogP contribution in [-0.4, -0.2) is 57.6 Å². The van der Waals surface area contributed by atoms with Crippen LogP contribution < -0.4 is 0 Å². The molecule has 8 nitrogen and oxygen atoms in total. The van der Waals surface area contributed by atoms with Crippen molar-refractivity contribution in [3.8, 4) is 0 Å². The first-order valence-corrected chi connectivity index (χ1v) is 7.53. The zero-order chi connectivity index (χ0) is 14.2. The first-order chi connectivity index (χ1) is 8.79. The summed E-state index contributed by atoms with van der Waals surface area (Å²) in [5.41, 5.74) is -0.136. The molecule has 1 N–H and O–H groups in total. The van der Waals surface area contributed by atoms with Crippen molar-refractivity contribution >= 4 is 16.0 Å². The lowest BCUT2D eigenvalue weighted by Gasteiger charge is -2.37. The lowest BCUT2D eigenvalue weighted by Crippen LogP contribution is -2.51. The Morgan fingerprint density at radius 1 is 1.53 bits per heavy atom. The van der Waals surface area contributed by atoms with Gasteiger partial charge in [-0.25, -0.2) is 17.9 Å². The lowest BCUT2D eigenvalue weighted by molar-refractivity contribution is 0.0690. The first-order valence-electron chi connectivity index (χ1n) is 5.92. The third-order valence-corrected chi connectivity index (χ3v) is 5.04. The molecule has 0 unspecified atom stereocenters. The summed E-state index contributed by atoms with van der Waals surface area (Å²) in [5, 5.41) is 15.9. The van der Waals surface area contributed by atoms with E-state index in [0.717, 1.165) is 0 Å². The smallest absolute Gasteiger partial charge is 0.358 e. The van der Waals surface area contributed by atoms with Gasteiger partial charge < -0.3 is 5.11 Å². The number of aromatic carboxylic acids is 1. The minimum absolute atomic E-state index is 0.0778. The molecule has 0 bridgehead atoms. The van der Waals surface area contributed by atoms with Crippen molar-refractivity contribution in [1.82, 2.24) is 19.3 Å². The van der Waals surface area contributed by atoms with Gasteiger partial charge in [0.1, 0.15) is 0 Å². The Morgan fingerprint density at radius 3 is 2.63 bits per heavy atom. The van der Waals surface area contributed by atoms with Crippen LogP contribution in [-0.2, 0) is 10.0 Å². The van der Waals surface area contributed by atoms with Crippen LogP contribution in [0, 0.1) is 5.92 Å². The van der Waals surface area contributed by atoms with Crippen LogP contribution in [0.3, 0.4) is 0 Å². The molecule has 19 heavy (non-hydrogen) atoms. The van der Waals surface area contributed by atoms with E-state index >= 15 is 0 Å². The van der Waals surface area contributed by atoms with Crippen molar-refractivity contribution in [2.45, 2.75) is 19.9 Å². The van der Waals surface area contributed by atoms with Gasteiger partial charge in [-0.3, -0.25) is 0 Å². The van der Waals surface area contributed by atoms with E-state index < -0.39 is 16.0 Å². The monoisotopic (exact) mass is 288 g/mol. The molecule has 1 aliphatic rings. The Hall–Kier alpha value is -1.48. The van der Waals surface area contributed by atoms with Gasteiger partial charge in [-0.05, 0) is 5.92 Å². The molecule has 1 aromatic rings. The molecular weight excluding hydrogens is 272 g/mol. The zero-order valence-electron chi connectivity index (χ0n) is 10.7. The molecule has 0 spiro atoms. The Morgan fingerprint density at radius 2 is 2.16 bits per heavy atom. The number of nitrogens with zero attached hydrogens (tertiary/aromatic N) is 4. The van der Waals surface area contributed by atoms with Gasteiger partial charge in [-0.15, -0.1) is 5.10 Å². The molecule has 106 valence electrons. The first kappa shape index (κ1) is 13.9. The maximum Gasteiger partial charge on any atom is 0.358 e. The van der Waals surface area contributed by atoms with E-state index in [4.69, 9.17) is 5.11 Å². The molecular formula is C10H16N4O4S. The van der Waals surface area contributed by atoms with Crippen LogP contribution in [0.2, 0.25) is 0 Å². The number of hydrogen-bond acceptors (Lipinski definition) is 5. The molecule has 0 radical (unpaired) electrons. The number of sulfonamides is 1. The van der Waals surface area contributed by atoms with Gasteiger partial charge in [0.2, 0.25) is 10.0 Å². The van der Waals surface area contributed by atoms with E-state index in [0.29, 0.717) is 13.1 Å². The van der Waals surface area contributed by atoms with Gasteiger partial charge in [0.15, 0.2) is 5.69 Å². The maximum atomic E-state index is 11.9. The lowest BCUT2D eigenvalue weighted by atomic mass is 10.2. The number of carboxylic acid groups (broad SMARTS) is 1. The molecule has 1 aliphatic heterocycles. The van der Waals surface area contributed by atoms with E-state index in [2.05, 4.69) is 10.3 Å². The standard InChI is InChI=1S/C10H16N4O4S/c1-7(2)6-19(17,18)13-3-8(4-13)14-5-9(10(15)16)11-12-14/h5,7-8H,3-4,6H2,1-2H3,(H,15,16). The molecule has 0 amide bonds. The SMILES string of the molecule is CC(C)CS(=O)(=O)N1CC(n2cc(C(=O)O)nn2)C1. The number of carboxylic acids is 1. The Balaban J connectivity index is 1.97. The molecule has 0 aliphatic carbocycles. The third kappa shape index (κ3) is 2.92. The van der Waals surface area contributed by atoms with Crippen molar-refractivity contribution in [2.75, 3.05) is 18.8 Å². The van der Waals surface area contributed by atoms with Crippen LogP contribution in [0.25, 0.3) is 0 Å². The molecule has 1 aromatic heterocycles. The van der Waals surface area contributed by atoms with Crippen LogP contribution in [0.4, 0.5) is 0 Å². The Labute approximate surface area is 111 Å². The topological polar surface area (TPSA) is 105 Å². The largest absolute Gasteiger partial charge is 0.476 e. The normalized spacial score (nSPS) is 17.6. The quantitative estimate of drug-likeness (QED) is 0.805. The summed E-state index contributed by atoms with van der Waals surface area (Å²) in [6, 6.07) is -0.137. The molecule has 2 heterocycles. The maximum absolute atomic E-state index is 11.9. The van der Waals surface area contributed by atoms with Gasteiger partial charge in [0.05, 0.1) is 18.0 Å². The van der Waals surface area contributed by atoms with Crippen LogP contribution in [0.1, 0.15) is 30.4 Å². The zero-order valence-corrected chi connectivity index (χ0v) is 11.5. The molecule has 1 fully saturated rings. The molecule has 0 saturated carbocycles. The van der Waals surface area contributed by atoms with E-state index in [9.17, 15) is 13.2 Å². The fourth-order valence-electron chi connectivity index (χ4n) is 1.89. The van der Waals surface area contributed by atoms with E-state index in [1.807, 2.05) is 13.8 Å². The van der Waals surface area contributed by atoms with Gasteiger partial charge in [-0.1, -0.05) is 19.1 Å². The van der Waals surface area contributed by atoms with Crippen LogP contribution >= 0.6 is 0 Å². The highest BCUT2D eigenvalue weighted by molar-refractivity contribution is 7.89. The van der Waals surface area contributed by atoms with Crippen molar-refractivity contribution in [2.24, 2.45) is 5.92 Å². The van der Waals surface area contributed by atoms with Gasteiger partial charge in [0, 0.05) is 13.1 Å². The highest BCUT2D eigenvalue weighted by atomic mass is 32.2. The summed E-state index contributed by atoms with van der Waals surface area (Å²) in [6.07, 6.45) is 1.32. The van der Waals surface area contributed by atoms with Gasteiger partial charge in [0.25, 0.3) is 0 Å². The number of rotatable bonds is 5. The third-order valence-electron chi connectivity index (χ3n) is 2.87. The Bertz CT molecular complexity index is 574. The summed E-state index contributed by atoms with van der Waals surface area (Å²) >= 11 is 0. The average molecular weight is 288 g/mol. The van der Waals surface area contributed by atoms with Crippen molar-refractivity contribution < 1.29 is 18.3 Å². The summed E-state index contributed by atoms with van der Waals surface area (Å²) in [5.74, 6) is -0.943. The number of hydrogen-bond donors (Lipinski definition) is 1. The van der Waals surface area contributed by atoms with Crippen LogP contribution in [0.5, 0.6) is 0 Å². The van der Waals surface area contributed by atoms with Gasteiger partial charge >= 0.3 is 5.97 Å². The predicted octanol–water partition coefficient (Wildman–Crippen LogP) is -0.181. The minimum atomic E-state index is -3.22. The second kappa shape index (κ2) is 4.89. The summed E-state index contributed by atoms with van der Waals surface area (Å²) in [7, 11) is -3.22. The molecule has 0 aromatic carbocycles. The second-order valence-electron chi connectivity index (χ2n) is 5.03. The molecule has 0 atom stereocenters. The molecule has 2 rings (SSSR count). The average Bonchev–Trinajstić information content (AvgIpc) is 2.61. The number of aromatic nitrogens is 3. The van der Waals surface area contributed by atoms with Crippen molar-refractivity contribution in [3.63, 3.8) is 0 Å². The van der Waals surface area contributed by atoms with E-state index in [-0.39, 0.29) is 23.4 Å². The minimum Gasteiger partial charge on any atom is -0.476 e. The number of carbonyl (C=O) groups is 1. The summed E-state index contributed by atoms with van der Waals surface area (Å²) < 4.78 is 26.6. The van der Waals surface area contributed by atoms with E-state index in [1.165, 1.54) is 15.2 Å². The second-order valence-corrected chi connectivity index (χ2v) is 7.05. The summed E-state index contributed by atoms with van der Waals surface area (Å²) in [6.45, 7) is 4.34. The predicted molar refractivity (Wildman–Crippen MR) is 66.2 cm³/mol. The Kier molecular flexibility index (Phi) is 3.59. The van der Waals surface area contributed by atoms with Gasteiger partial charge in [-0.2, -0.15) is 4.31 Å². The molecule has 9 heteroatoms. The fraction of sp³-hybridized carbons (Fsp3) is 0.700. The summed E-state index contributed by atoms with van der Waals surface area (Å²) in [4.78, 5) is 10.7. The van der Waals surface area contributed by atoms with E-state index in [1.54, 1.807) is 0 Å². The van der Waals surface area contributed by atoms with Crippen molar-refractivity contribution in [1.29, 1.82) is 0 Å². The van der Waals surface area contributed by atoms with Crippen LogP contribution in [0.15, 0.2) is 6.20 Å². The highest BCUT2D eigenvalue weighted by Crippen LogP contribution is 2.24. The fourth-order valence-corrected chi connectivity index (χ4v) is 3.74. The highest BCUT2D eigenvalue weighted by Gasteiger charge is 2.37. The van der Waals surface area contributed by atoms with Crippen molar-refractivity contribution in [3.05, 3.63) is 11.9 Å². The molecule has 1 saturated heterocycles.